The molecule has 1 aromatic rings. The standard InChI is InChI=1S/C13H17ClN2OS/c1-9-4-11(14)2-3-12(9)16-13(17)8-18-7-10-5-15-6-10/h2-4,10,15H,5-8H2,1H3,(H,16,17). The number of carbonyl (C=O) groups is 1. The van der Waals surface area contributed by atoms with Gasteiger partial charge in [-0.25, -0.2) is 0 Å². The van der Waals surface area contributed by atoms with Crippen LogP contribution in [0, 0.1) is 12.8 Å². The van der Waals surface area contributed by atoms with Crippen molar-refractivity contribution in [3.63, 3.8) is 0 Å². The topological polar surface area (TPSA) is 41.1 Å². The number of halogens is 1. The van der Waals surface area contributed by atoms with Crippen molar-refractivity contribution in [1.29, 1.82) is 0 Å². The van der Waals surface area contributed by atoms with E-state index in [1.54, 1.807) is 17.8 Å². The lowest BCUT2D eigenvalue weighted by Crippen LogP contribution is -2.43. The molecule has 0 bridgehead atoms. The summed E-state index contributed by atoms with van der Waals surface area (Å²) in [6.45, 7) is 4.12. The Morgan fingerprint density at radius 2 is 2.33 bits per heavy atom. The normalized spacial score (nSPS) is 15.2. The Morgan fingerprint density at radius 3 is 2.94 bits per heavy atom. The molecule has 0 aromatic heterocycles. The molecule has 1 aromatic carbocycles. The molecule has 1 saturated heterocycles. The van der Waals surface area contributed by atoms with Crippen LogP contribution in [0.1, 0.15) is 5.56 Å². The van der Waals surface area contributed by atoms with E-state index < -0.39 is 0 Å². The number of hydrogen-bond donors (Lipinski definition) is 2. The number of benzene rings is 1. The van der Waals surface area contributed by atoms with Crippen molar-refractivity contribution in [1.82, 2.24) is 5.32 Å². The van der Waals surface area contributed by atoms with Crippen LogP contribution in [0.25, 0.3) is 0 Å². The second-order valence-electron chi connectivity index (χ2n) is 4.55. The quantitative estimate of drug-likeness (QED) is 0.873. The Kier molecular flexibility index (Phi) is 4.92. The van der Waals surface area contributed by atoms with E-state index in [0.717, 1.165) is 36.0 Å². The minimum absolute atomic E-state index is 0.0534. The van der Waals surface area contributed by atoms with E-state index in [2.05, 4.69) is 10.6 Å². The third kappa shape index (κ3) is 3.90. The molecule has 0 unspecified atom stereocenters. The first kappa shape index (κ1) is 13.7. The molecule has 3 nitrogen and oxygen atoms in total. The average molecular weight is 285 g/mol. The highest BCUT2D eigenvalue weighted by Gasteiger charge is 2.16. The van der Waals surface area contributed by atoms with Crippen LogP contribution in [0.3, 0.4) is 0 Å². The average Bonchev–Trinajstić information content (AvgIpc) is 2.26. The van der Waals surface area contributed by atoms with Gasteiger partial charge in [-0.3, -0.25) is 4.79 Å². The van der Waals surface area contributed by atoms with Crippen molar-refractivity contribution in [2.45, 2.75) is 6.92 Å². The van der Waals surface area contributed by atoms with Gasteiger partial charge in [-0.05, 0) is 55.4 Å². The zero-order chi connectivity index (χ0) is 13.0. The van der Waals surface area contributed by atoms with Crippen LogP contribution in [0.5, 0.6) is 0 Å². The van der Waals surface area contributed by atoms with Crippen LogP contribution in [0.2, 0.25) is 5.02 Å². The van der Waals surface area contributed by atoms with Crippen molar-refractivity contribution >= 4 is 35.0 Å². The molecular weight excluding hydrogens is 268 g/mol. The van der Waals surface area contributed by atoms with E-state index in [1.807, 2.05) is 19.1 Å². The van der Waals surface area contributed by atoms with E-state index in [4.69, 9.17) is 11.6 Å². The van der Waals surface area contributed by atoms with E-state index >= 15 is 0 Å². The zero-order valence-electron chi connectivity index (χ0n) is 10.3. The zero-order valence-corrected chi connectivity index (χ0v) is 11.9. The van der Waals surface area contributed by atoms with Gasteiger partial charge in [0.2, 0.25) is 5.91 Å². The number of carbonyl (C=O) groups excluding carboxylic acids is 1. The largest absolute Gasteiger partial charge is 0.325 e. The summed E-state index contributed by atoms with van der Waals surface area (Å²) in [6, 6.07) is 5.48. The lowest BCUT2D eigenvalue weighted by Gasteiger charge is -2.26. The van der Waals surface area contributed by atoms with Gasteiger partial charge >= 0.3 is 0 Å². The number of aryl methyl sites for hydroxylation is 1. The summed E-state index contributed by atoms with van der Waals surface area (Å²) in [5.41, 5.74) is 1.83. The fourth-order valence-electron chi connectivity index (χ4n) is 1.74. The van der Waals surface area contributed by atoms with Gasteiger partial charge < -0.3 is 10.6 Å². The Morgan fingerprint density at radius 1 is 1.56 bits per heavy atom. The number of thioether (sulfide) groups is 1. The molecule has 1 heterocycles. The number of amides is 1. The summed E-state index contributed by atoms with van der Waals surface area (Å²) in [6.07, 6.45) is 0. The minimum Gasteiger partial charge on any atom is -0.325 e. The molecular formula is C13H17ClN2OS. The molecule has 1 aliphatic heterocycles. The van der Waals surface area contributed by atoms with Crippen LogP contribution < -0.4 is 10.6 Å². The van der Waals surface area contributed by atoms with Gasteiger partial charge in [0, 0.05) is 10.7 Å². The van der Waals surface area contributed by atoms with Crippen molar-refractivity contribution in [2.75, 3.05) is 29.9 Å². The van der Waals surface area contributed by atoms with Crippen LogP contribution in [-0.2, 0) is 4.79 Å². The summed E-state index contributed by atoms with van der Waals surface area (Å²) in [5, 5.41) is 6.83. The predicted octanol–water partition coefficient (Wildman–Crippen LogP) is 2.54. The SMILES string of the molecule is Cc1cc(Cl)ccc1NC(=O)CSCC1CNC1. The highest BCUT2D eigenvalue weighted by atomic mass is 35.5. The molecule has 1 fully saturated rings. The molecule has 2 N–H and O–H groups in total. The Balaban J connectivity index is 1.75. The van der Waals surface area contributed by atoms with Crippen LogP contribution in [-0.4, -0.2) is 30.5 Å². The summed E-state index contributed by atoms with van der Waals surface area (Å²) in [5.74, 6) is 2.36. The molecule has 0 radical (unpaired) electrons. The number of rotatable bonds is 5. The first-order chi connectivity index (χ1) is 8.65. The van der Waals surface area contributed by atoms with Crippen molar-refractivity contribution < 1.29 is 4.79 Å². The van der Waals surface area contributed by atoms with Gasteiger partial charge in [-0.15, -0.1) is 0 Å². The number of anilines is 1. The van der Waals surface area contributed by atoms with Crippen LogP contribution >= 0.6 is 23.4 Å². The number of hydrogen-bond acceptors (Lipinski definition) is 3. The summed E-state index contributed by atoms with van der Waals surface area (Å²) in [4.78, 5) is 11.8. The summed E-state index contributed by atoms with van der Waals surface area (Å²) in [7, 11) is 0. The van der Waals surface area contributed by atoms with E-state index in [9.17, 15) is 4.79 Å². The summed E-state index contributed by atoms with van der Waals surface area (Å²) >= 11 is 7.57. The van der Waals surface area contributed by atoms with E-state index in [0.29, 0.717) is 10.8 Å². The Hall–Kier alpha value is -0.710. The first-order valence-electron chi connectivity index (χ1n) is 5.99. The maximum absolute atomic E-state index is 11.8. The highest BCUT2D eigenvalue weighted by molar-refractivity contribution is 7.99. The maximum atomic E-state index is 11.8. The van der Waals surface area contributed by atoms with Gasteiger partial charge in [-0.2, -0.15) is 11.8 Å². The van der Waals surface area contributed by atoms with E-state index in [-0.39, 0.29) is 5.91 Å². The molecule has 0 spiro atoms. The van der Waals surface area contributed by atoms with E-state index in [1.165, 1.54) is 0 Å². The molecule has 0 atom stereocenters. The first-order valence-corrected chi connectivity index (χ1v) is 7.53. The molecule has 0 aliphatic carbocycles. The third-order valence-corrected chi connectivity index (χ3v) is 4.32. The smallest absolute Gasteiger partial charge is 0.234 e. The van der Waals surface area contributed by atoms with Gasteiger partial charge in [0.15, 0.2) is 0 Å². The fraction of sp³-hybridized carbons (Fsp3) is 0.462. The fourth-order valence-corrected chi connectivity index (χ4v) is 2.91. The van der Waals surface area contributed by atoms with Crippen molar-refractivity contribution in [2.24, 2.45) is 5.92 Å². The van der Waals surface area contributed by atoms with Crippen LogP contribution in [0.4, 0.5) is 5.69 Å². The Bertz CT molecular complexity index is 435. The van der Waals surface area contributed by atoms with Gasteiger partial charge in [0.25, 0.3) is 0 Å². The lowest BCUT2D eigenvalue weighted by molar-refractivity contribution is -0.113. The van der Waals surface area contributed by atoms with Crippen molar-refractivity contribution in [3.05, 3.63) is 28.8 Å². The highest BCUT2D eigenvalue weighted by Crippen LogP contribution is 2.20. The second-order valence-corrected chi connectivity index (χ2v) is 6.01. The molecule has 1 aliphatic rings. The third-order valence-electron chi connectivity index (χ3n) is 2.92. The second kappa shape index (κ2) is 6.45. The van der Waals surface area contributed by atoms with Crippen molar-refractivity contribution in [3.8, 4) is 0 Å². The maximum Gasteiger partial charge on any atom is 0.234 e. The predicted molar refractivity (Wildman–Crippen MR) is 78.5 cm³/mol. The number of nitrogens with one attached hydrogen (secondary N) is 2. The summed E-state index contributed by atoms with van der Waals surface area (Å²) < 4.78 is 0. The van der Waals surface area contributed by atoms with Crippen LogP contribution in [0.15, 0.2) is 18.2 Å². The minimum atomic E-state index is 0.0534. The molecule has 0 saturated carbocycles. The molecule has 18 heavy (non-hydrogen) atoms. The lowest BCUT2D eigenvalue weighted by atomic mass is 10.1. The molecule has 98 valence electrons. The van der Waals surface area contributed by atoms with Gasteiger partial charge in [-0.1, -0.05) is 11.6 Å². The Labute approximate surface area is 117 Å². The van der Waals surface area contributed by atoms with Gasteiger partial charge in [0.1, 0.15) is 0 Å². The van der Waals surface area contributed by atoms with Gasteiger partial charge in [0.05, 0.1) is 5.75 Å². The molecule has 2 rings (SSSR count). The molecule has 1 amide bonds. The molecule has 5 heteroatoms. The monoisotopic (exact) mass is 284 g/mol.